The van der Waals surface area contributed by atoms with Gasteiger partial charge >= 0.3 is 0 Å². The van der Waals surface area contributed by atoms with Gasteiger partial charge in [0.1, 0.15) is 0 Å². The molecule has 2 heteroatoms. The van der Waals surface area contributed by atoms with Crippen molar-refractivity contribution in [1.29, 1.82) is 0 Å². The molecular weight excluding hydrogens is 208 g/mol. The Balaban J connectivity index is 2.09. The van der Waals surface area contributed by atoms with Gasteiger partial charge in [-0.15, -0.1) is 0 Å². The van der Waals surface area contributed by atoms with E-state index in [1.807, 2.05) is 0 Å². The second-order valence-electron chi connectivity index (χ2n) is 5.53. The highest BCUT2D eigenvalue weighted by Gasteiger charge is 2.18. The smallest absolute Gasteiger partial charge is 0.00509 e. The quantitative estimate of drug-likeness (QED) is 0.867. The standard InChI is InChI=1S/C15H24N2/c1-12(16)9-13-5-3-6-14(10-13)15-7-4-8-17(2)11-15/h3,5-6,10,12,15H,4,7-9,11,16H2,1-2H3. The molecule has 1 aromatic carbocycles. The van der Waals surface area contributed by atoms with E-state index in [9.17, 15) is 0 Å². The first-order valence-electron chi connectivity index (χ1n) is 6.68. The van der Waals surface area contributed by atoms with Crippen molar-refractivity contribution in [3.8, 4) is 0 Å². The summed E-state index contributed by atoms with van der Waals surface area (Å²) in [5.74, 6) is 0.710. The molecule has 2 atom stereocenters. The van der Waals surface area contributed by atoms with Gasteiger partial charge in [-0.25, -0.2) is 0 Å². The van der Waals surface area contributed by atoms with Crippen molar-refractivity contribution in [3.63, 3.8) is 0 Å². The van der Waals surface area contributed by atoms with E-state index in [1.165, 1.54) is 37.1 Å². The van der Waals surface area contributed by atoms with E-state index in [0.717, 1.165) is 6.42 Å². The van der Waals surface area contributed by atoms with Crippen LogP contribution < -0.4 is 5.73 Å². The van der Waals surface area contributed by atoms with Gasteiger partial charge in [-0.05, 0) is 56.8 Å². The van der Waals surface area contributed by atoms with Gasteiger partial charge in [-0.3, -0.25) is 0 Å². The number of nitrogens with two attached hydrogens (primary N) is 1. The fraction of sp³-hybridized carbons (Fsp3) is 0.600. The van der Waals surface area contributed by atoms with Crippen LogP contribution in [0.4, 0.5) is 0 Å². The first-order chi connectivity index (χ1) is 8.15. The van der Waals surface area contributed by atoms with Crippen LogP contribution in [0.15, 0.2) is 24.3 Å². The lowest BCUT2D eigenvalue weighted by molar-refractivity contribution is 0.251. The number of piperidine rings is 1. The second-order valence-corrected chi connectivity index (χ2v) is 5.53. The van der Waals surface area contributed by atoms with Gasteiger partial charge in [0, 0.05) is 12.6 Å². The van der Waals surface area contributed by atoms with Crippen molar-refractivity contribution in [2.24, 2.45) is 5.73 Å². The zero-order valence-electron chi connectivity index (χ0n) is 11.0. The first kappa shape index (κ1) is 12.6. The molecule has 0 saturated carbocycles. The van der Waals surface area contributed by atoms with E-state index in [1.54, 1.807) is 0 Å². The van der Waals surface area contributed by atoms with Gasteiger partial charge in [-0.1, -0.05) is 24.3 Å². The van der Waals surface area contributed by atoms with E-state index in [0.29, 0.717) is 5.92 Å². The highest BCUT2D eigenvalue weighted by Crippen LogP contribution is 2.26. The molecule has 2 unspecified atom stereocenters. The Morgan fingerprint density at radius 3 is 3.00 bits per heavy atom. The summed E-state index contributed by atoms with van der Waals surface area (Å²) in [7, 11) is 2.22. The van der Waals surface area contributed by atoms with Crippen molar-refractivity contribution < 1.29 is 0 Å². The summed E-state index contributed by atoms with van der Waals surface area (Å²) in [6.45, 7) is 4.51. The van der Waals surface area contributed by atoms with Crippen LogP contribution in [0.3, 0.4) is 0 Å². The molecule has 0 aliphatic carbocycles. The molecule has 1 heterocycles. The summed E-state index contributed by atoms with van der Waals surface area (Å²) in [4.78, 5) is 2.44. The topological polar surface area (TPSA) is 29.3 Å². The van der Waals surface area contributed by atoms with Crippen molar-refractivity contribution in [2.75, 3.05) is 20.1 Å². The molecule has 1 saturated heterocycles. The molecule has 1 aliphatic heterocycles. The normalized spacial score (nSPS) is 23.6. The van der Waals surface area contributed by atoms with Crippen molar-refractivity contribution in [2.45, 2.75) is 38.1 Å². The maximum Gasteiger partial charge on any atom is 0.00509 e. The molecule has 0 amide bonds. The highest BCUT2D eigenvalue weighted by molar-refractivity contribution is 5.27. The molecule has 1 aliphatic rings. The summed E-state index contributed by atoms with van der Waals surface area (Å²) in [6, 6.07) is 9.25. The Morgan fingerprint density at radius 1 is 1.47 bits per heavy atom. The SMILES string of the molecule is CC(N)Cc1cccc(C2CCCN(C)C2)c1. The van der Waals surface area contributed by atoms with E-state index in [-0.39, 0.29) is 6.04 Å². The summed E-state index contributed by atoms with van der Waals surface area (Å²) in [5, 5.41) is 0. The molecule has 0 bridgehead atoms. The Hall–Kier alpha value is -0.860. The van der Waals surface area contributed by atoms with Crippen LogP contribution in [0, 0.1) is 0 Å². The molecule has 0 spiro atoms. The maximum absolute atomic E-state index is 5.87. The lowest BCUT2D eigenvalue weighted by Crippen LogP contribution is -2.30. The van der Waals surface area contributed by atoms with Crippen LogP contribution in [0.25, 0.3) is 0 Å². The van der Waals surface area contributed by atoms with E-state index < -0.39 is 0 Å². The Morgan fingerprint density at radius 2 is 2.29 bits per heavy atom. The molecule has 0 radical (unpaired) electrons. The molecule has 2 N–H and O–H groups in total. The van der Waals surface area contributed by atoms with Gasteiger partial charge in [0.05, 0.1) is 0 Å². The number of likely N-dealkylation sites (N-methyl/N-ethyl adjacent to an activating group) is 1. The van der Waals surface area contributed by atoms with E-state index >= 15 is 0 Å². The van der Waals surface area contributed by atoms with Crippen LogP contribution >= 0.6 is 0 Å². The summed E-state index contributed by atoms with van der Waals surface area (Å²) < 4.78 is 0. The molecule has 0 aromatic heterocycles. The minimum absolute atomic E-state index is 0.249. The zero-order valence-corrected chi connectivity index (χ0v) is 11.0. The summed E-state index contributed by atoms with van der Waals surface area (Å²) >= 11 is 0. The molecule has 2 rings (SSSR count). The van der Waals surface area contributed by atoms with Crippen molar-refractivity contribution in [3.05, 3.63) is 35.4 Å². The number of rotatable bonds is 3. The Bertz CT molecular complexity index is 360. The average Bonchev–Trinajstić information content (AvgIpc) is 2.28. The average molecular weight is 232 g/mol. The number of nitrogens with zero attached hydrogens (tertiary/aromatic N) is 1. The summed E-state index contributed by atoms with van der Waals surface area (Å²) in [5.41, 5.74) is 8.74. The third-order valence-corrected chi connectivity index (χ3v) is 3.60. The molecule has 2 nitrogen and oxygen atoms in total. The third kappa shape index (κ3) is 3.55. The van der Waals surface area contributed by atoms with Gasteiger partial charge in [-0.2, -0.15) is 0 Å². The zero-order chi connectivity index (χ0) is 12.3. The monoisotopic (exact) mass is 232 g/mol. The first-order valence-corrected chi connectivity index (χ1v) is 6.68. The fourth-order valence-corrected chi connectivity index (χ4v) is 2.78. The molecule has 17 heavy (non-hydrogen) atoms. The highest BCUT2D eigenvalue weighted by atomic mass is 15.1. The van der Waals surface area contributed by atoms with E-state index in [4.69, 9.17) is 5.73 Å². The van der Waals surface area contributed by atoms with Gasteiger partial charge < -0.3 is 10.6 Å². The molecular formula is C15H24N2. The fourth-order valence-electron chi connectivity index (χ4n) is 2.78. The number of hydrogen-bond donors (Lipinski definition) is 1. The molecule has 1 aromatic rings. The van der Waals surface area contributed by atoms with Gasteiger partial charge in [0.25, 0.3) is 0 Å². The number of hydrogen-bond acceptors (Lipinski definition) is 2. The second kappa shape index (κ2) is 5.65. The van der Waals surface area contributed by atoms with Gasteiger partial charge in [0.15, 0.2) is 0 Å². The van der Waals surface area contributed by atoms with Crippen LogP contribution in [-0.4, -0.2) is 31.1 Å². The minimum atomic E-state index is 0.249. The van der Waals surface area contributed by atoms with E-state index in [2.05, 4.69) is 43.1 Å². The van der Waals surface area contributed by atoms with Crippen LogP contribution in [0.1, 0.15) is 36.8 Å². The van der Waals surface area contributed by atoms with Crippen molar-refractivity contribution in [1.82, 2.24) is 4.90 Å². The largest absolute Gasteiger partial charge is 0.328 e. The van der Waals surface area contributed by atoms with Crippen LogP contribution in [0.5, 0.6) is 0 Å². The molecule has 94 valence electrons. The number of benzene rings is 1. The predicted molar refractivity (Wildman–Crippen MR) is 73.3 cm³/mol. The predicted octanol–water partition coefficient (Wildman–Crippen LogP) is 2.39. The van der Waals surface area contributed by atoms with Crippen molar-refractivity contribution >= 4 is 0 Å². The van der Waals surface area contributed by atoms with Crippen LogP contribution in [-0.2, 0) is 6.42 Å². The third-order valence-electron chi connectivity index (χ3n) is 3.60. The maximum atomic E-state index is 5.87. The Kier molecular flexibility index (Phi) is 4.19. The van der Waals surface area contributed by atoms with Gasteiger partial charge in [0.2, 0.25) is 0 Å². The van der Waals surface area contributed by atoms with Crippen LogP contribution in [0.2, 0.25) is 0 Å². The lowest BCUT2D eigenvalue weighted by Gasteiger charge is -2.30. The molecule has 1 fully saturated rings. The summed E-state index contributed by atoms with van der Waals surface area (Å²) in [6.07, 6.45) is 3.63. The Labute approximate surface area is 105 Å². The number of likely N-dealkylation sites (tertiary alicyclic amines) is 1. The minimum Gasteiger partial charge on any atom is -0.328 e. The lowest BCUT2D eigenvalue weighted by atomic mass is 9.89.